The second kappa shape index (κ2) is 9.92. The first-order valence-electron chi connectivity index (χ1n) is 9.86. The monoisotopic (exact) mass is 478 g/mol. The molecule has 0 N–H and O–H groups in total. The van der Waals surface area contributed by atoms with E-state index in [0.29, 0.717) is 34.6 Å². The summed E-state index contributed by atoms with van der Waals surface area (Å²) in [5, 5.41) is 5.85. The van der Waals surface area contributed by atoms with Gasteiger partial charge in [0.05, 0.1) is 5.02 Å². The number of benzene rings is 2. The topological polar surface area (TPSA) is 50.6 Å². The maximum absolute atomic E-state index is 12.8. The van der Waals surface area contributed by atoms with E-state index in [0.717, 1.165) is 24.7 Å². The molecule has 0 radical (unpaired) electrons. The number of aromatic nitrogens is 2. The zero-order valence-corrected chi connectivity index (χ0v) is 18.9. The van der Waals surface area contributed by atoms with Gasteiger partial charge in [-0.15, -0.1) is 0 Å². The third kappa shape index (κ3) is 5.52. The van der Waals surface area contributed by atoms with E-state index in [4.69, 9.17) is 39.5 Å². The average Bonchev–Trinajstić information content (AvgIpc) is 3.25. The van der Waals surface area contributed by atoms with Crippen molar-refractivity contribution in [2.24, 2.45) is 0 Å². The van der Waals surface area contributed by atoms with Crippen LogP contribution >= 0.6 is 34.8 Å². The lowest BCUT2D eigenvalue weighted by Crippen LogP contribution is -2.48. The van der Waals surface area contributed by atoms with E-state index in [1.165, 1.54) is 5.56 Å². The fraction of sp³-hybridized carbons (Fsp3) is 0.273. The van der Waals surface area contributed by atoms with Gasteiger partial charge in [-0.1, -0.05) is 53.0 Å². The Balaban J connectivity index is 1.29. The quantitative estimate of drug-likeness (QED) is 0.508. The first kappa shape index (κ1) is 22.0. The highest BCUT2D eigenvalue weighted by Gasteiger charge is 2.23. The molecule has 3 aromatic rings. The number of carbonyl (C=O) groups excluding carboxylic acids is 1. The molecule has 4 rings (SSSR count). The molecule has 1 fully saturated rings. The van der Waals surface area contributed by atoms with Crippen molar-refractivity contribution in [2.45, 2.75) is 13.3 Å². The summed E-state index contributed by atoms with van der Waals surface area (Å²) in [5.41, 5.74) is 1.61. The number of amides is 1. The van der Waals surface area contributed by atoms with Gasteiger partial charge in [0.2, 0.25) is 0 Å². The van der Waals surface area contributed by atoms with Crippen LogP contribution in [0.3, 0.4) is 0 Å². The Morgan fingerprint density at radius 3 is 2.45 bits per heavy atom. The number of piperazine rings is 1. The SMILES string of the molecule is O=C(c1ccn(COc2cccc(Cl)c2Cl)n1)N1CCN(Cc2ccc(Cl)cc2)CC1. The first-order chi connectivity index (χ1) is 15.0. The molecule has 0 spiro atoms. The molecule has 2 aromatic carbocycles. The molecule has 1 aromatic heterocycles. The van der Waals surface area contributed by atoms with E-state index in [-0.39, 0.29) is 12.6 Å². The van der Waals surface area contributed by atoms with Crippen molar-refractivity contribution in [1.29, 1.82) is 0 Å². The molecular weight excluding hydrogens is 459 g/mol. The van der Waals surface area contributed by atoms with Gasteiger partial charge in [0.1, 0.15) is 10.8 Å². The van der Waals surface area contributed by atoms with Gasteiger partial charge in [0, 0.05) is 43.9 Å². The fourth-order valence-corrected chi connectivity index (χ4v) is 3.87. The summed E-state index contributed by atoms with van der Waals surface area (Å²) >= 11 is 18.1. The highest BCUT2D eigenvalue weighted by atomic mass is 35.5. The lowest BCUT2D eigenvalue weighted by atomic mass is 10.2. The van der Waals surface area contributed by atoms with E-state index in [9.17, 15) is 4.79 Å². The Hall–Kier alpha value is -2.25. The molecule has 162 valence electrons. The van der Waals surface area contributed by atoms with E-state index >= 15 is 0 Å². The van der Waals surface area contributed by atoms with Gasteiger partial charge in [0.25, 0.3) is 5.91 Å². The summed E-state index contributed by atoms with van der Waals surface area (Å²) < 4.78 is 7.22. The summed E-state index contributed by atoms with van der Waals surface area (Å²) in [6.07, 6.45) is 1.71. The van der Waals surface area contributed by atoms with Crippen LogP contribution in [0.2, 0.25) is 15.1 Å². The molecule has 2 heterocycles. The summed E-state index contributed by atoms with van der Waals surface area (Å²) in [5.74, 6) is 0.389. The summed E-state index contributed by atoms with van der Waals surface area (Å²) in [6, 6.07) is 14.7. The number of hydrogen-bond acceptors (Lipinski definition) is 4. The van der Waals surface area contributed by atoms with Crippen molar-refractivity contribution in [3.63, 3.8) is 0 Å². The van der Waals surface area contributed by atoms with Crippen molar-refractivity contribution < 1.29 is 9.53 Å². The van der Waals surface area contributed by atoms with Crippen LogP contribution < -0.4 is 4.74 Å². The molecule has 1 aliphatic heterocycles. The van der Waals surface area contributed by atoms with E-state index in [1.807, 2.05) is 29.2 Å². The zero-order valence-electron chi connectivity index (χ0n) is 16.7. The van der Waals surface area contributed by atoms with E-state index in [1.54, 1.807) is 35.1 Å². The van der Waals surface area contributed by atoms with Crippen LogP contribution in [-0.4, -0.2) is 51.7 Å². The number of rotatable bonds is 6. The maximum Gasteiger partial charge on any atom is 0.274 e. The Morgan fingerprint density at radius 2 is 1.71 bits per heavy atom. The Kier molecular flexibility index (Phi) is 7.02. The smallest absolute Gasteiger partial charge is 0.274 e. The molecule has 1 saturated heterocycles. The minimum atomic E-state index is -0.0781. The molecule has 9 heteroatoms. The van der Waals surface area contributed by atoms with Gasteiger partial charge in [0.15, 0.2) is 12.4 Å². The Morgan fingerprint density at radius 1 is 0.968 bits per heavy atom. The third-order valence-corrected chi connectivity index (χ3v) is 6.16. The number of hydrogen-bond donors (Lipinski definition) is 0. The normalized spacial score (nSPS) is 14.6. The summed E-state index contributed by atoms with van der Waals surface area (Å²) in [7, 11) is 0. The van der Waals surface area contributed by atoms with Crippen molar-refractivity contribution in [1.82, 2.24) is 19.6 Å². The lowest BCUT2D eigenvalue weighted by Gasteiger charge is -2.34. The predicted octanol–water partition coefficient (Wildman–Crippen LogP) is 4.84. The Bertz CT molecular complexity index is 1050. The van der Waals surface area contributed by atoms with Gasteiger partial charge in [-0.25, -0.2) is 4.68 Å². The van der Waals surface area contributed by atoms with Gasteiger partial charge in [-0.2, -0.15) is 5.10 Å². The van der Waals surface area contributed by atoms with Crippen LogP contribution in [0.4, 0.5) is 0 Å². The number of nitrogens with zero attached hydrogens (tertiary/aromatic N) is 4. The van der Waals surface area contributed by atoms with Crippen LogP contribution in [0.1, 0.15) is 16.1 Å². The second-order valence-electron chi connectivity index (χ2n) is 7.26. The maximum atomic E-state index is 12.8. The largest absolute Gasteiger partial charge is 0.470 e. The molecular formula is C22H21Cl3N4O2. The number of carbonyl (C=O) groups is 1. The molecule has 1 aliphatic rings. The van der Waals surface area contributed by atoms with Gasteiger partial charge < -0.3 is 9.64 Å². The Labute approximate surface area is 195 Å². The molecule has 0 bridgehead atoms. The zero-order chi connectivity index (χ0) is 21.8. The summed E-state index contributed by atoms with van der Waals surface area (Å²) in [6.45, 7) is 3.91. The van der Waals surface area contributed by atoms with Gasteiger partial charge >= 0.3 is 0 Å². The highest BCUT2D eigenvalue weighted by molar-refractivity contribution is 6.42. The number of halogens is 3. The van der Waals surface area contributed by atoms with Crippen LogP contribution in [0.15, 0.2) is 54.7 Å². The van der Waals surface area contributed by atoms with Crippen molar-refractivity contribution in [2.75, 3.05) is 26.2 Å². The van der Waals surface area contributed by atoms with E-state index in [2.05, 4.69) is 10.00 Å². The second-order valence-corrected chi connectivity index (χ2v) is 8.48. The predicted molar refractivity (Wildman–Crippen MR) is 122 cm³/mol. The highest BCUT2D eigenvalue weighted by Crippen LogP contribution is 2.31. The fourth-order valence-electron chi connectivity index (χ4n) is 3.40. The van der Waals surface area contributed by atoms with Gasteiger partial charge in [-0.05, 0) is 35.9 Å². The summed E-state index contributed by atoms with van der Waals surface area (Å²) in [4.78, 5) is 17.0. The molecule has 6 nitrogen and oxygen atoms in total. The van der Waals surface area contributed by atoms with Crippen molar-refractivity contribution >= 4 is 40.7 Å². The van der Waals surface area contributed by atoms with Crippen LogP contribution in [-0.2, 0) is 13.3 Å². The molecule has 0 atom stereocenters. The standard InChI is InChI=1S/C22H21Cl3N4O2/c23-17-6-4-16(5-7-17)14-27-10-12-28(13-11-27)22(30)19-8-9-29(26-19)15-31-20-3-1-2-18(24)21(20)25/h1-9H,10-15H2. The minimum absolute atomic E-state index is 0.0781. The first-order valence-corrected chi connectivity index (χ1v) is 11.0. The number of ether oxygens (including phenoxy) is 1. The van der Waals surface area contributed by atoms with Crippen LogP contribution in [0.25, 0.3) is 0 Å². The third-order valence-electron chi connectivity index (χ3n) is 5.11. The molecule has 1 amide bonds. The molecule has 0 unspecified atom stereocenters. The minimum Gasteiger partial charge on any atom is -0.470 e. The van der Waals surface area contributed by atoms with Crippen molar-refractivity contribution in [3.05, 3.63) is 81.1 Å². The van der Waals surface area contributed by atoms with Gasteiger partial charge in [-0.3, -0.25) is 9.69 Å². The lowest BCUT2D eigenvalue weighted by molar-refractivity contribution is 0.0621. The van der Waals surface area contributed by atoms with Crippen molar-refractivity contribution in [3.8, 4) is 5.75 Å². The molecule has 31 heavy (non-hydrogen) atoms. The average molecular weight is 480 g/mol. The molecule has 0 saturated carbocycles. The van der Waals surface area contributed by atoms with Crippen LogP contribution in [0.5, 0.6) is 5.75 Å². The van der Waals surface area contributed by atoms with E-state index < -0.39 is 0 Å². The van der Waals surface area contributed by atoms with Crippen LogP contribution in [0, 0.1) is 0 Å². The molecule has 0 aliphatic carbocycles.